The molecule has 0 spiro atoms. The molecule has 0 bridgehead atoms. The second-order valence-corrected chi connectivity index (χ2v) is 4.34. The average Bonchev–Trinajstić information content (AvgIpc) is 2.86. The van der Waals surface area contributed by atoms with E-state index in [4.69, 9.17) is 9.63 Å². The van der Waals surface area contributed by atoms with Crippen LogP contribution >= 0.6 is 0 Å². The van der Waals surface area contributed by atoms with Gasteiger partial charge in [0.15, 0.2) is 0 Å². The first-order chi connectivity index (χ1) is 7.58. The zero-order chi connectivity index (χ0) is 11.7. The largest absolute Gasteiger partial charge is 0.475 e. The van der Waals surface area contributed by atoms with Crippen LogP contribution in [0.2, 0.25) is 0 Å². The van der Waals surface area contributed by atoms with Gasteiger partial charge in [-0.3, -0.25) is 0 Å². The van der Waals surface area contributed by atoms with Crippen LogP contribution in [0.15, 0.2) is 4.52 Å². The van der Waals surface area contributed by atoms with Crippen molar-refractivity contribution in [3.63, 3.8) is 0 Å². The van der Waals surface area contributed by atoms with E-state index in [2.05, 4.69) is 28.9 Å². The van der Waals surface area contributed by atoms with E-state index >= 15 is 0 Å². The summed E-state index contributed by atoms with van der Waals surface area (Å²) in [5.41, 5.74) is 0. The third kappa shape index (κ3) is 2.06. The lowest BCUT2D eigenvalue weighted by atomic mass is 10.1. The van der Waals surface area contributed by atoms with Gasteiger partial charge >= 0.3 is 5.97 Å². The van der Waals surface area contributed by atoms with Crippen LogP contribution in [-0.4, -0.2) is 45.2 Å². The van der Waals surface area contributed by atoms with Crippen LogP contribution in [0.3, 0.4) is 0 Å². The molecular weight excluding hydrogens is 210 g/mol. The van der Waals surface area contributed by atoms with Gasteiger partial charge in [0, 0.05) is 12.6 Å². The van der Waals surface area contributed by atoms with Crippen molar-refractivity contribution in [1.29, 1.82) is 0 Å². The Balaban J connectivity index is 2.06. The van der Waals surface area contributed by atoms with Crippen LogP contribution in [-0.2, 0) is 0 Å². The minimum atomic E-state index is -1.14. The van der Waals surface area contributed by atoms with E-state index in [1.165, 1.54) is 0 Å². The fourth-order valence-electron chi connectivity index (χ4n) is 1.95. The van der Waals surface area contributed by atoms with E-state index in [-0.39, 0.29) is 11.7 Å². The fourth-order valence-corrected chi connectivity index (χ4v) is 1.95. The highest BCUT2D eigenvalue weighted by molar-refractivity contribution is 5.82. The van der Waals surface area contributed by atoms with Crippen LogP contribution in [0, 0.1) is 0 Å². The van der Waals surface area contributed by atoms with Crippen molar-refractivity contribution >= 4 is 5.97 Å². The Bertz CT molecular complexity index is 388. The molecule has 6 nitrogen and oxygen atoms in total. The van der Waals surface area contributed by atoms with Crippen molar-refractivity contribution in [2.75, 3.05) is 13.1 Å². The van der Waals surface area contributed by atoms with E-state index in [1.54, 1.807) is 0 Å². The van der Waals surface area contributed by atoms with E-state index in [9.17, 15) is 4.79 Å². The third-order valence-electron chi connectivity index (χ3n) is 2.93. The van der Waals surface area contributed by atoms with Gasteiger partial charge in [0.25, 0.3) is 5.82 Å². The first-order valence-electron chi connectivity index (χ1n) is 5.39. The van der Waals surface area contributed by atoms with Crippen molar-refractivity contribution in [2.45, 2.75) is 32.2 Å². The number of hydrogen-bond donors (Lipinski definition) is 1. The highest BCUT2D eigenvalue weighted by atomic mass is 16.5. The van der Waals surface area contributed by atoms with Crippen molar-refractivity contribution in [2.24, 2.45) is 0 Å². The number of carboxylic acid groups (broad SMARTS) is 1. The predicted octanol–water partition coefficient (Wildman–Crippen LogP) is 0.966. The van der Waals surface area contributed by atoms with Crippen LogP contribution in [0.4, 0.5) is 0 Å². The summed E-state index contributed by atoms with van der Waals surface area (Å²) in [5.74, 6) is -0.782. The molecule has 2 heterocycles. The molecule has 6 heteroatoms. The molecule has 0 radical (unpaired) electrons. The first kappa shape index (κ1) is 11.1. The average molecular weight is 225 g/mol. The summed E-state index contributed by atoms with van der Waals surface area (Å²) >= 11 is 0. The van der Waals surface area contributed by atoms with Gasteiger partial charge < -0.3 is 14.5 Å². The smallest absolute Gasteiger partial charge is 0.377 e. The summed E-state index contributed by atoms with van der Waals surface area (Å²) in [4.78, 5) is 16.8. The molecule has 0 aromatic carbocycles. The van der Waals surface area contributed by atoms with E-state index < -0.39 is 5.97 Å². The highest BCUT2D eigenvalue weighted by Crippen LogP contribution is 2.26. The standard InChI is InChI=1S/C10H15N3O3/c1-6(2)13-4-3-7(5-13)9-11-8(10(14)15)12-16-9/h6-7H,3-5H2,1-2H3,(H,14,15). The maximum Gasteiger partial charge on any atom is 0.377 e. The van der Waals surface area contributed by atoms with Crippen LogP contribution in [0.5, 0.6) is 0 Å². The summed E-state index contributed by atoms with van der Waals surface area (Å²) in [6.07, 6.45) is 0.944. The molecule has 1 unspecified atom stereocenters. The Hall–Kier alpha value is -1.43. The Morgan fingerprint density at radius 3 is 2.88 bits per heavy atom. The van der Waals surface area contributed by atoms with Gasteiger partial charge in [0.05, 0.1) is 5.92 Å². The van der Waals surface area contributed by atoms with Gasteiger partial charge in [-0.05, 0) is 32.0 Å². The second-order valence-electron chi connectivity index (χ2n) is 4.34. The minimum Gasteiger partial charge on any atom is -0.475 e. The fraction of sp³-hybridized carbons (Fsp3) is 0.700. The molecule has 1 saturated heterocycles. The number of aromatic carboxylic acids is 1. The number of carbonyl (C=O) groups is 1. The highest BCUT2D eigenvalue weighted by Gasteiger charge is 2.30. The lowest BCUT2D eigenvalue weighted by Gasteiger charge is -2.19. The topological polar surface area (TPSA) is 79.5 Å². The molecule has 1 fully saturated rings. The lowest BCUT2D eigenvalue weighted by molar-refractivity contribution is 0.0680. The Morgan fingerprint density at radius 1 is 1.62 bits per heavy atom. The number of hydrogen-bond acceptors (Lipinski definition) is 5. The number of likely N-dealkylation sites (tertiary alicyclic amines) is 1. The van der Waals surface area contributed by atoms with Gasteiger partial charge in [0.2, 0.25) is 5.89 Å². The Morgan fingerprint density at radius 2 is 2.38 bits per heavy atom. The summed E-state index contributed by atoms with van der Waals surface area (Å²) in [6, 6.07) is 0.492. The van der Waals surface area contributed by atoms with E-state index in [0.717, 1.165) is 19.5 Å². The minimum absolute atomic E-state index is 0.169. The summed E-state index contributed by atoms with van der Waals surface area (Å²) in [5, 5.41) is 12.1. The molecule has 1 N–H and O–H groups in total. The first-order valence-corrected chi connectivity index (χ1v) is 5.39. The van der Waals surface area contributed by atoms with Crippen molar-refractivity contribution < 1.29 is 14.4 Å². The molecule has 16 heavy (non-hydrogen) atoms. The molecule has 1 aromatic rings. The van der Waals surface area contributed by atoms with Gasteiger partial charge in [-0.15, -0.1) is 0 Å². The molecule has 1 aliphatic rings. The summed E-state index contributed by atoms with van der Waals surface area (Å²) in [6.45, 7) is 6.13. The maximum absolute atomic E-state index is 10.6. The molecule has 1 atom stereocenters. The second kappa shape index (κ2) is 4.21. The van der Waals surface area contributed by atoms with Gasteiger partial charge in [-0.1, -0.05) is 0 Å². The molecule has 0 amide bonds. The number of aromatic nitrogens is 2. The zero-order valence-corrected chi connectivity index (χ0v) is 9.38. The molecule has 88 valence electrons. The van der Waals surface area contributed by atoms with Gasteiger partial charge in [-0.2, -0.15) is 4.98 Å². The third-order valence-corrected chi connectivity index (χ3v) is 2.93. The molecular formula is C10H15N3O3. The molecule has 1 aromatic heterocycles. The summed E-state index contributed by atoms with van der Waals surface area (Å²) in [7, 11) is 0. The number of rotatable bonds is 3. The Kier molecular flexibility index (Phi) is 2.91. The molecule has 0 aliphatic carbocycles. The van der Waals surface area contributed by atoms with E-state index in [1.807, 2.05) is 0 Å². The molecule has 1 aliphatic heterocycles. The van der Waals surface area contributed by atoms with Crippen molar-refractivity contribution in [1.82, 2.24) is 15.0 Å². The summed E-state index contributed by atoms with van der Waals surface area (Å²) < 4.78 is 4.97. The maximum atomic E-state index is 10.6. The normalized spacial score (nSPS) is 21.8. The molecule has 2 rings (SSSR count). The van der Waals surface area contributed by atoms with Crippen molar-refractivity contribution in [3.05, 3.63) is 11.7 Å². The van der Waals surface area contributed by atoms with Gasteiger partial charge in [-0.25, -0.2) is 4.79 Å². The van der Waals surface area contributed by atoms with E-state index in [0.29, 0.717) is 11.9 Å². The Labute approximate surface area is 93.2 Å². The molecule has 0 saturated carbocycles. The number of nitrogens with zero attached hydrogens (tertiary/aromatic N) is 3. The van der Waals surface area contributed by atoms with Crippen LogP contribution in [0.1, 0.15) is 42.7 Å². The number of carboxylic acids is 1. The lowest BCUT2D eigenvalue weighted by Crippen LogP contribution is -2.27. The monoisotopic (exact) mass is 225 g/mol. The SMILES string of the molecule is CC(C)N1CCC(c2nc(C(=O)O)no2)C1. The quantitative estimate of drug-likeness (QED) is 0.825. The zero-order valence-electron chi connectivity index (χ0n) is 9.38. The van der Waals surface area contributed by atoms with Crippen LogP contribution < -0.4 is 0 Å². The predicted molar refractivity (Wildman–Crippen MR) is 55.3 cm³/mol. The van der Waals surface area contributed by atoms with Crippen LogP contribution in [0.25, 0.3) is 0 Å². The van der Waals surface area contributed by atoms with Gasteiger partial charge in [0.1, 0.15) is 0 Å². The van der Waals surface area contributed by atoms with Crippen molar-refractivity contribution in [3.8, 4) is 0 Å².